The summed E-state index contributed by atoms with van der Waals surface area (Å²) < 4.78 is 1.77. The van der Waals surface area contributed by atoms with E-state index in [1.54, 1.807) is 16.8 Å². The number of likely N-dealkylation sites (tertiary alicyclic amines) is 1. The first-order valence-electron chi connectivity index (χ1n) is 8.87. The number of aromatic nitrogens is 1. The van der Waals surface area contributed by atoms with E-state index in [2.05, 4.69) is 35.2 Å². The van der Waals surface area contributed by atoms with E-state index in [-0.39, 0.29) is 11.9 Å². The first kappa shape index (κ1) is 15.8. The minimum atomic E-state index is 0.0407. The minimum Gasteiger partial charge on any atom is -0.369 e. The van der Waals surface area contributed by atoms with Gasteiger partial charge in [0.05, 0.1) is 5.56 Å². The van der Waals surface area contributed by atoms with Gasteiger partial charge in [-0.1, -0.05) is 18.2 Å². The van der Waals surface area contributed by atoms with Gasteiger partial charge in [0.15, 0.2) is 0 Å². The Hall–Kier alpha value is -2.74. The average Bonchev–Trinajstić information content (AvgIpc) is 3.34. The topological polar surface area (TPSA) is 52.3 Å². The van der Waals surface area contributed by atoms with Crippen molar-refractivity contribution < 1.29 is 4.79 Å². The van der Waals surface area contributed by atoms with Gasteiger partial charge in [-0.2, -0.15) is 5.26 Å². The third kappa shape index (κ3) is 2.78. The molecule has 25 heavy (non-hydrogen) atoms. The van der Waals surface area contributed by atoms with Gasteiger partial charge in [0, 0.05) is 44.6 Å². The van der Waals surface area contributed by atoms with E-state index in [1.807, 2.05) is 11.9 Å². The molecule has 1 saturated heterocycles. The highest BCUT2D eigenvalue weighted by atomic mass is 16.2. The molecule has 2 aliphatic heterocycles. The van der Waals surface area contributed by atoms with Crippen LogP contribution in [0.3, 0.4) is 0 Å². The quantitative estimate of drug-likeness (QED) is 0.867. The fraction of sp³-hybridized carbons (Fsp3) is 0.400. The Morgan fingerprint density at radius 1 is 1.32 bits per heavy atom. The number of amides is 1. The number of carbonyl (C=O) groups excluding carboxylic acids is 1. The molecule has 0 bridgehead atoms. The van der Waals surface area contributed by atoms with Crippen LogP contribution in [-0.4, -0.2) is 41.1 Å². The molecule has 0 radical (unpaired) electrons. The molecule has 1 fully saturated rings. The van der Waals surface area contributed by atoms with Crippen LogP contribution >= 0.6 is 0 Å². The first-order chi connectivity index (χ1) is 12.2. The zero-order valence-corrected chi connectivity index (χ0v) is 14.5. The van der Waals surface area contributed by atoms with Crippen molar-refractivity contribution in [2.24, 2.45) is 7.05 Å². The lowest BCUT2D eigenvalue weighted by Gasteiger charge is -2.30. The van der Waals surface area contributed by atoms with Gasteiger partial charge in [0.1, 0.15) is 11.8 Å². The zero-order chi connectivity index (χ0) is 17.4. The number of carbonyl (C=O) groups is 1. The predicted octanol–water partition coefficient (Wildman–Crippen LogP) is 2.56. The van der Waals surface area contributed by atoms with Crippen LogP contribution in [0.25, 0.3) is 0 Å². The Bertz CT molecular complexity index is 848. The van der Waals surface area contributed by atoms with Gasteiger partial charge < -0.3 is 14.4 Å². The van der Waals surface area contributed by atoms with Crippen LogP contribution in [0.1, 0.15) is 34.5 Å². The second kappa shape index (κ2) is 6.29. The maximum absolute atomic E-state index is 13.0. The van der Waals surface area contributed by atoms with E-state index < -0.39 is 0 Å². The highest BCUT2D eigenvalue weighted by Crippen LogP contribution is 2.30. The van der Waals surface area contributed by atoms with Gasteiger partial charge in [0.25, 0.3) is 5.91 Å². The number of benzene rings is 1. The van der Waals surface area contributed by atoms with Crippen LogP contribution in [0, 0.1) is 11.3 Å². The molecule has 2 aromatic rings. The number of anilines is 1. The van der Waals surface area contributed by atoms with Gasteiger partial charge in [-0.3, -0.25) is 4.79 Å². The number of para-hydroxylation sites is 1. The lowest BCUT2D eigenvalue weighted by molar-refractivity contribution is 0.0730. The smallest absolute Gasteiger partial charge is 0.270 e. The molecule has 0 spiro atoms. The Kier molecular flexibility index (Phi) is 3.96. The molecular weight excluding hydrogens is 312 g/mol. The van der Waals surface area contributed by atoms with Crippen molar-refractivity contribution in [2.75, 3.05) is 24.5 Å². The zero-order valence-electron chi connectivity index (χ0n) is 14.5. The molecular formula is C20H22N4O. The van der Waals surface area contributed by atoms with E-state index in [9.17, 15) is 4.79 Å². The molecule has 2 aliphatic rings. The predicted molar refractivity (Wildman–Crippen MR) is 96.5 cm³/mol. The second-order valence-corrected chi connectivity index (χ2v) is 6.96. The molecule has 0 saturated carbocycles. The van der Waals surface area contributed by atoms with Crippen LogP contribution in [-0.2, 0) is 13.5 Å². The molecule has 5 nitrogen and oxygen atoms in total. The molecule has 3 heterocycles. The SMILES string of the molecule is Cn1cc(C#N)cc1C(=O)N1CCCC1CN1CCc2ccccc21. The van der Waals surface area contributed by atoms with Crippen LogP contribution in [0.5, 0.6) is 0 Å². The number of nitrogens with zero attached hydrogens (tertiary/aromatic N) is 4. The van der Waals surface area contributed by atoms with Gasteiger partial charge in [0.2, 0.25) is 0 Å². The van der Waals surface area contributed by atoms with Crippen molar-refractivity contribution in [3.05, 3.63) is 53.3 Å². The number of aryl methyl sites for hydroxylation is 1. The van der Waals surface area contributed by atoms with E-state index in [1.165, 1.54) is 11.3 Å². The van der Waals surface area contributed by atoms with Crippen LogP contribution in [0.4, 0.5) is 5.69 Å². The minimum absolute atomic E-state index is 0.0407. The molecule has 128 valence electrons. The number of hydrogen-bond acceptors (Lipinski definition) is 3. The van der Waals surface area contributed by atoms with Crippen LogP contribution in [0.15, 0.2) is 36.5 Å². The monoisotopic (exact) mass is 334 g/mol. The fourth-order valence-corrected chi connectivity index (χ4v) is 4.13. The van der Waals surface area contributed by atoms with Gasteiger partial charge in [-0.15, -0.1) is 0 Å². The van der Waals surface area contributed by atoms with E-state index in [0.717, 1.165) is 38.9 Å². The maximum Gasteiger partial charge on any atom is 0.270 e. The van der Waals surface area contributed by atoms with Crippen molar-refractivity contribution in [1.29, 1.82) is 5.26 Å². The molecule has 1 amide bonds. The normalized spacial score (nSPS) is 19.1. The number of rotatable bonds is 3. The van der Waals surface area contributed by atoms with Crippen molar-refractivity contribution in [2.45, 2.75) is 25.3 Å². The van der Waals surface area contributed by atoms with Gasteiger partial charge in [-0.05, 0) is 37.0 Å². The number of nitriles is 1. The lowest BCUT2D eigenvalue weighted by Crippen LogP contribution is -2.43. The van der Waals surface area contributed by atoms with E-state index in [0.29, 0.717) is 11.3 Å². The third-order valence-electron chi connectivity index (χ3n) is 5.41. The molecule has 1 unspecified atom stereocenters. The van der Waals surface area contributed by atoms with Crippen molar-refractivity contribution in [3.63, 3.8) is 0 Å². The first-order valence-corrected chi connectivity index (χ1v) is 8.87. The molecule has 4 rings (SSSR count). The Labute approximate surface area is 148 Å². The summed E-state index contributed by atoms with van der Waals surface area (Å²) in [6, 6.07) is 12.6. The highest BCUT2D eigenvalue weighted by molar-refractivity contribution is 5.93. The summed E-state index contributed by atoms with van der Waals surface area (Å²) in [5, 5.41) is 9.06. The standard InChI is InChI=1S/C20H22N4O/c1-22-13-15(12-21)11-19(22)20(25)24-9-4-6-17(24)14-23-10-8-16-5-2-3-7-18(16)23/h2-3,5,7,11,13,17H,4,6,8-10,14H2,1H3. The largest absolute Gasteiger partial charge is 0.369 e. The summed E-state index contributed by atoms with van der Waals surface area (Å²) in [5.74, 6) is 0.0407. The summed E-state index contributed by atoms with van der Waals surface area (Å²) in [6.45, 7) is 2.71. The van der Waals surface area contributed by atoms with Crippen LogP contribution < -0.4 is 4.90 Å². The molecule has 5 heteroatoms. The number of hydrogen-bond donors (Lipinski definition) is 0. The van der Waals surface area contributed by atoms with Crippen molar-refractivity contribution in [3.8, 4) is 6.07 Å². The fourth-order valence-electron chi connectivity index (χ4n) is 4.13. The van der Waals surface area contributed by atoms with Crippen molar-refractivity contribution in [1.82, 2.24) is 9.47 Å². The average molecular weight is 334 g/mol. The van der Waals surface area contributed by atoms with Gasteiger partial charge >= 0.3 is 0 Å². The van der Waals surface area contributed by atoms with E-state index >= 15 is 0 Å². The van der Waals surface area contributed by atoms with Gasteiger partial charge in [-0.25, -0.2) is 0 Å². The Morgan fingerprint density at radius 3 is 2.96 bits per heavy atom. The lowest BCUT2D eigenvalue weighted by atomic mass is 10.1. The highest BCUT2D eigenvalue weighted by Gasteiger charge is 2.33. The Morgan fingerprint density at radius 2 is 2.16 bits per heavy atom. The molecule has 1 atom stereocenters. The van der Waals surface area contributed by atoms with E-state index in [4.69, 9.17) is 5.26 Å². The molecule has 0 N–H and O–H groups in total. The Balaban J connectivity index is 1.52. The summed E-state index contributed by atoms with van der Waals surface area (Å²) in [6.07, 6.45) is 4.89. The maximum atomic E-state index is 13.0. The van der Waals surface area contributed by atoms with Crippen LogP contribution in [0.2, 0.25) is 0 Å². The summed E-state index contributed by atoms with van der Waals surface area (Å²) in [5.41, 5.74) is 3.85. The van der Waals surface area contributed by atoms with Crippen molar-refractivity contribution >= 4 is 11.6 Å². The summed E-state index contributed by atoms with van der Waals surface area (Å²) in [4.78, 5) is 17.4. The summed E-state index contributed by atoms with van der Waals surface area (Å²) in [7, 11) is 1.83. The third-order valence-corrected chi connectivity index (χ3v) is 5.41. The summed E-state index contributed by atoms with van der Waals surface area (Å²) >= 11 is 0. The molecule has 1 aromatic heterocycles. The second-order valence-electron chi connectivity index (χ2n) is 6.96. The molecule has 0 aliphatic carbocycles. The number of fused-ring (bicyclic) bond motifs is 1. The molecule has 1 aromatic carbocycles.